The summed E-state index contributed by atoms with van der Waals surface area (Å²) in [6.45, 7) is 2.53. The van der Waals surface area contributed by atoms with Crippen LogP contribution in [0.5, 0.6) is 0 Å². The van der Waals surface area contributed by atoms with Gasteiger partial charge in [-0.15, -0.1) is 11.3 Å². The zero-order valence-electron chi connectivity index (χ0n) is 15.1. The van der Waals surface area contributed by atoms with Crippen LogP contribution in [0, 0.1) is 28.6 Å². The Balaban J connectivity index is 1.60. The third-order valence-corrected chi connectivity index (χ3v) is 6.95. The van der Waals surface area contributed by atoms with Crippen LogP contribution in [0.4, 0.5) is 5.82 Å². The maximum Gasteiger partial charge on any atom is 0.249 e. The largest absolute Gasteiger partial charge is 0.294 e. The molecule has 0 aromatic carbocycles. The number of carbonyl (C=O) groups excluding carboxylic acids is 1. The van der Waals surface area contributed by atoms with Crippen LogP contribution in [0.25, 0.3) is 20.7 Å². The lowest BCUT2D eigenvalue weighted by Crippen LogP contribution is -2.37. The molecule has 27 heavy (non-hydrogen) atoms. The molecule has 7 nitrogen and oxygen atoms in total. The Morgan fingerprint density at radius 2 is 2.19 bits per heavy atom. The van der Waals surface area contributed by atoms with Crippen LogP contribution in [0.15, 0.2) is 24.8 Å². The van der Waals surface area contributed by atoms with Gasteiger partial charge in [-0.3, -0.25) is 14.4 Å². The second-order valence-corrected chi connectivity index (χ2v) is 8.55. The number of hydrogen-bond donors (Lipinski definition) is 0. The van der Waals surface area contributed by atoms with E-state index in [1.165, 1.54) is 6.33 Å². The zero-order chi connectivity index (χ0) is 18.8. The van der Waals surface area contributed by atoms with Crippen LogP contribution in [0.2, 0.25) is 0 Å². The predicted octanol–water partition coefficient (Wildman–Crippen LogP) is 2.99. The molecule has 2 atom stereocenters. The van der Waals surface area contributed by atoms with Crippen molar-refractivity contribution in [2.75, 3.05) is 11.4 Å². The van der Waals surface area contributed by atoms with E-state index in [9.17, 15) is 10.1 Å². The Kier molecular flexibility index (Phi) is 3.40. The zero-order valence-corrected chi connectivity index (χ0v) is 15.9. The first kappa shape index (κ1) is 16.4. The number of thiophene rings is 1. The van der Waals surface area contributed by atoms with Crippen molar-refractivity contribution in [1.82, 2.24) is 19.7 Å². The van der Waals surface area contributed by atoms with Crippen molar-refractivity contribution in [2.24, 2.45) is 24.3 Å². The molecule has 136 valence electrons. The monoisotopic (exact) mass is 378 g/mol. The first-order valence-corrected chi connectivity index (χ1v) is 9.83. The van der Waals surface area contributed by atoms with E-state index in [1.807, 2.05) is 32.4 Å². The number of nitrogens with zero attached hydrogens (tertiary/aromatic N) is 6. The molecule has 1 aliphatic heterocycles. The average Bonchev–Trinajstić information content (AvgIpc) is 3.16. The summed E-state index contributed by atoms with van der Waals surface area (Å²) in [6, 6.07) is 4.38. The van der Waals surface area contributed by atoms with Gasteiger partial charge in [0.2, 0.25) is 5.91 Å². The van der Waals surface area contributed by atoms with Crippen LogP contribution in [0.3, 0.4) is 0 Å². The van der Waals surface area contributed by atoms with Gasteiger partial charge in [0.15, 0.2) is 5.82 Å². The smallest absolute Gasteiger partial charge is 0.249 e. The van der Waals surface area contributed by atoms with Crippen LogP contribution in [0.1, 0.15) is 19.8 Å². The highest BCUT2D eigenvalue weighted by Gasteiger charge is 2.61. The van der Waals surface area contributed by atoms with Crippen molar-refractivity contribution in [3.05, 3.63) is 24.8 Å². The van der Waals surface area contributed by atoms with E-state index in [4.69, 9.17) is 0 Å². The van der Waals surface area contributed by atoms with Gasteiger partial charge in [0, 0.05) is 36.1 Å². The fourth-order valence-corrected chi connectivity index (χ4v) is 5.29. The molecule has 2 aliphatic rings. The molecule has 3 aromatic heterocycles. The summed E-state index contributed by atoms with van der Waals surface area (Å²) in [6.07, 6.45) is 7.18. The van der Waals surface area contributed by atoms with Crippen LogP contribution >= 0.6 is 11.3 Å². The number of nitriles is 1. The molecule has 0 bridgehead atoms. The van der Waals surface area contributed by atoms with E-state index in [1.54, 1.807) is 20.9 Å². The van der Waals surface area contributed by atoms with Gasteiger partial charge < -0.3 is 0 Å². The minimum absolute atomic E-state index is 0.00901. The summed E-state index contributed by atoms with van der Waals surface area (Å²) in [4.78, 5) is 24.9. The number of anilines is 1. The summed E-state index contributed by atoms with van der Waals surface area (Å²) >= 11 is 1.56. The molecule has 4 heterocycles. The van der Waals surface area contributed by atoms with Crippen molar-refractivity contribution in [1.29, 1.82) is 5.26 Å². The number of fused-ring (bicyclic) bond motifs is 1. The lowest BCUT2D eigenvalue weighted by molar-refractivity contribution is -0.124. The third kappa shape index (κ3) is 2.24. The van der Waals surface area contributed by atoms with E-state index in [-0.39, 0.29) is 17.7 Å². The summed E-state index contributed by atoms with van der Waals surface area (Å²) in [5.74, 6) is 0.693. The maximum absolute atomic E-state index is 13.3. The SMILES string of the molecule is C[C@@H]1CN(c2ncnc3cc(-c4cnn(C)c4)sc23)C(=O)[C@]1(C#N)C1CC1. The molecule has 1 saturated heterocycles. The van der Waals surface area contributed by atoms with E-state index in [0.717, 1.165) is 33.5 Å². The normalized spacial score (nSPS) is 25.3. The van der Waals surface area contributed by atoms with Crippen molar-refractivity contribution < 1.29 is 4.79 Å². The molecule has 0 spiro atoms. The third-order valence-electron chi connectivity index (χ3n) is 5.78. The molecule has 1 aliphatic carbocycles. The topological polar surface area (TPSA) is 87.7 Å². The summed E-state index contributed by atoms with van der Waals surface area (Å²) < 4.78 is 2.64. The first-order chi connectivity index (χ1) is 13.0. The van der Waals surface area contributed by atoms with Gasteiger partial charge in [-0.05, 0) is 24.8 Å². The molecule has 0 N–H and O–H groups in total. The van der Waals surface area contributed by atoms with E-state index < -0.39 is 5.41 Å². The Labute approximate surface area is 160 Å². The minimum Gasteiger partial charge on any atom is -0.294 e. The first-order valence-electron chi connectivity index (χ1n) is 9.01. The molecule has 8 heteroatoms. The van der Waals surface area contributed by atoms with Crippen molar-refractivity contribution in [3.63, 3.8) is 0 Å². The lowest BCUT2D eigenvalue weighted by atomic mass is 9.75. The number of amides is 1. The Morgan fingerprint density at radius 1 is 1.37 bits per heavy atom. The van der Waals surface area contributed by atoms with Gasteiger partial charge in [-0.1, -0.05) is 6.92 Å². The van der Waals surface area contributed by atoms with Crippen molar-refractivity contribution in [3.8, 4) is 16.5 Å². The van der Waals surface area contributed by atoms with Gasteiger partial charge in [0.1, 0.15) is 11.7 Å². The number of rotatable bonds is 3. The summed E-state index contributed by atoms with van der Waals surface area (Å²) in [7, 11) is 1.88. The van der Waals surface area contributed by atoms with E-state index in [0.29, 0.717) is 12.4 Å². The number of aromatic nitrogens is 4. The molecule has 1 amide bonds. The van der Waals surface area contributed by atoms with Crippen molar-refractivity contribution in [2.45, 2.75) is 19.8 Å². The van der Waals surface area contributed by atoms with Crippen molar-refractivity contribution >= 4 is 33.3 Å². The highest BCUT2D eigenvalue weighted by atomic mass is 32.1. The Morgan fingerprint density at radius 3 is 2.85 bits per heavy atom. The van der Waals surface area contributed by atoms with Gasteiger partial charge in [0.05, 0.1) is 22.5 Å². The number of aryl methyl sites for hydroxylation is 1. The lowest BCUT2D eigenvalue weighted by Gasteiger charge is -2.22. The predicted molar refractivity (Wildman–Crippen MR) is 102 cm³/mol. The van der Waals surface area contributed by atoms with Crippen LogP contribution in [-0.4, -0.2) is 32.2 Å². The second kappa shape index (κ2) is 5.60. The van der Waals surface area contributed by atoms with Crippen LogP contribution < -0.4 is 4.90 Å². The van der Waals surface area contributed by atoms with E-state index >= 15 is 0 Å². The molecule has 5 rings (SSSR count). The quantitative estimate of drug-likeness (QED) is 0.699. The highest BCUT2D eigenvalue weighted by molar-refractivity contribution is 7.22. The summed E-state index contributed by atoms with van der Waals surface area (Å²) in [5, 5.41) is 14.1. The Bertz CT molecular complexity index is 1110. The molecule has 2 fully saturated rings. The molecule has 0 unspecified atom stereocenters. The molecule has 1 saturated carbocycles. The Hall–Kier alpha value is -2.79. The number of hydrogen-bond acceptors (Lipinski definition) is 6. The number of carbonyl (C=O) groups is 1. The molecular formula is C19H18N6OS. The minimum atomic E-state index is -0.902. The molecular weight excluding hydrogens is 360 g/mol. The second-order valence-electron chi connectivity index (χ2n) is 7.50. The van der Waals surface area contributed by atoms with Gasteiger partial charge >= 0.3 is 0 Å². The standard InChI is InChI=1S/C19H18N6OS/c1-11-7-25(18(26)19(11,9-20)13-3-4-13)17-16-14(21-10-22-17)5-15(27-16)12-6-23-24(2)8-12/h5-6,8,10-11,13H,3-4,7H2,1-2H3/t11-,19+/m1/s1. The summed E-state index contributed by atoms with van der Waals surface area (Å²) in [5.41, 5.74) is 0.919. The highest BCUT2D eigenvalue weighted by Crippen LogP contribution is 2.55. The van der Waals surface area contributed by atoms with Gasteiger partial charge in [0.25, 0.3) is 0 Å². The average molecular weight is 378 g/mol. The van der Waals surface area contributed by atoms with Gasteiger partial charge in [-0.2, -0.15) is 10.4 Å². The van der Waals surface area contributed by atoms with Crippen LogP contribution in [-0.2, 0) is 11.8 Å². The maximum atomic E-state index is 13.3. The van der Waals surface area contributed by atoms with Gasteiger partial charge in [-0.25, -0.2) is 9.97 Å². The fraction of sp³-hybridized carbons (Fsp3) is 0.421. The molecule has 3 aromatic rings. The fourth-order valence-electron chi connectivity index (χ4n) is 4.21. The van der Waals surface area contributed by atoms with E-state index in [2.05, 4.69) is 21.1 Å². The molecule has 0 radical (unpaired) electrons.